The fourth-order valence-electron chi connectivity index (χ4n) is 3.51. The monoisotopic (exact) mass is 442 g/mol. The fourth-order valence-corrected chi connectivity index (χ4v) is 5.03. The van der Waals surface area contributed by atoms with Gasteiger partial charge < -0.3 is 15.8 Å². The number of anilines is 1. The van der Waals surface area contributed by atoms with Gasteiger partial charge in [-0.15, -0.1) is 22.7 Å². The van der Waals surface area contributed by atoms with Crippen molar-refractivity contribution in [2.45, 2.75) is 32.4 Å². The van der Waals surface area contributed by atoms with Crippen LogP contribution in [0.2, 0.25) is 0 Å². The van der Waals surface area contributed by atoms with Crippen LogP contribution in [0.15, 0.2) is 41.1 Å². The summed E-state index contributed by atoms with van der Waals surface area (Å²) in [4.78, 5) is 20.0. The molecular weight excluding hydrogens is 416 g/mol. The molecule has 3 aromatic rings. The van der Waals surface area contributed by atoms with E-state index in [4.69, 9.17) is 10.5 Å². The van der Waals surface area contributed by atoms with Crippen molar-refractivity contribution in [3.05, 3.63) is 52.2 Å². The summed E-state index contributed by atoms with van der Waals surface area (Å²) in [5.41, 5.74) is 8.85. The Balaban J connectivity index is 1.23. The number of rotatable bonds is 8. The van der Waals surface area contributed by atoms with E-state index in [1.807, 2.05) is 35.0 Å². The third kappa shape index (κ3) is 5.81. The summed E-state index contributed by atoms with van der Waals surface area (Å²) in [6.07, 6.45) is 3.89. The lowest BCUT2D eigenvalue weighted by Gasteiger charge is -2.26. The van der Waals surface area contributed by atoms with E-state index >= 15 is 0 Å². The molecular formula is C22H26N4O2S2. The normalized spacial score (nSPS) is 14.5. The lowest BCUT2D eigenvalue weighted by Crippen LogP contribution is -2.29. The van der Waals surface area contributed by atoms with Crippen LogP contribution in [0, 0.1) is 0 Å². The highest BCUT2D eigenvalue weighted by atomic mass is 32.1. The van der Waals surface area contributed by atoms with Crippen molar-refractivity contribution in [2.75, 3.05) is 25.4 Å². The highest BCUT2D eigenvalue weighted by Crippen LogP contribution is 2.29. The predicted octanol–water partition coefficient (Wildman–Crippen LogP) is 4.13. The zero-order chi connectivity index (χ0) is 20.8. The predicted molar refractivity (Wildman–Crippen MR) is 123 cm³/mol. The number of thiophene rings is 1. The largest absolute Gasteiger partial charge is 0.484 e. The number of ether oxygens (including phenoxy) is 1. The van der Waals surface area contributed by atoms with Gasteiger partial charge in [0.15, 0.2) is 11.7 Å². The van der Waals surface area contributed by atoms with E-state index in [1.54, 1.807) is 11.3 Å². The first-order valence-electron chi connectivity index (χ1n) is 10.2. The maximum atomic E-state index is 12.2. The van der Waals surface area contributed by atoms with Crippen LogP contribution in [0.25, 0.3) is 10.6 Å². The number of piperidine rings is 1. The molecule has 8 heteroatoms. The second kappa shape index (κ2) is 10.1. The second-order valence-corrected chi connectivity index (χ2v) is 9.24. The number of amides is 1. The van der Waals surface area contributed by atoms with Gasteiger partial charge >= 0.3 is 0 Å². The minimum absolute atomic E-state index is 0.00673. The number of hydrogen-bond acceptors (Lipinski definition) is 7. The number of carbonyl (C=O) groups excluding carboxylic acids is 1. The van der Waals surface area contributed by atoms with Crippen LogP contribution in [0.3, 0.4) is 0 Å². The second-order valence-electron chi connectivity index (χ2n) is 7.44. The molecule has 2 aromatic heterocycles. The Bertz CT molecular complexity index is 979. The quantitative estimate of drug-likeness (QED) is 0.548. The number of hydrogen-bond donors (Lipinski definition) is 2. The van der Waals surface area contributed by atoms with Gasteiger partial charge in [-0.05, 0) is 60.6 Å². The van der Waals surface area contributed by atoms with Crippen LogP contribution in [0.1, 0.15) is 30.4 Å². The average Bonchev–Trinajstić information content (AvgIpc) is 3.41. The molecule has 6 nitrogen and oxygen atoms in total. The van der Waals surface area contributed by atoms with Gasteiger partial charge in [0, 0.05) is 18.5 Å². The SMILES string of the molecule is Nc1nc(-c2cc(CNC(=O)COc3cccc(CN4CCCCC4)c3)cs2)cs1. The zero-order valence-corrected chi connectivity index (χ0v) is 18.4. The van der Waals surface area contributed by atoms with E-state index < -0.39 is 0 Å². The molecule has 30 heavy (non-hydrogen) atoms. The van der Waals surface area contributed by atoms with Crippen LogP contribution in [0.4, 0.5) is 5.13 Å². The van der Waals surface area contributed by atoms with Gasteiger partial charge in [0.2, 0.25) is 0 Å². The van der Waals surface area contributed by atoms with E-state index in [2.05, 4.69) is 21.3 Å². The van der Waals surface area contributed by atoms with Gasteiger partial charge in [-0.2, -0.15) is 0 Å². The highest BCUT2D eigenvalue weighted by molar-refractivity contribution is 7.15. The van der Waals surface area contributed by atoms with Crippen molar-refractivity contribution in [3.8, 4) is 16.3 Å². The first-order chi connectivity index (χ1) is 14.7. The molecule has 0 atom stereocenters. The molecule has 0 spiro atoms. The Hall–Kier alpha value is -2.42. The number of carbonyl (C=O) groups is 1. The molecule has 3 N–H and O–H groups in total. The average molecular weight is 443 g/mol. The minimum atomic E-state index is -0.137. The molecule has 1 aliphatic rings. The third-order valence-corrected chi connectivity index (χ3v) is 6.72. The summed E-state index contributed by atoms with van der Waals surface area (Å²) in [5, 5.41) is 7.44. The van der Waals surface area contributed by atoms with Gasteiger partial charge in [0.05, 0.1) is 10.6 Å². The molecule has 1 saturated heterocycles. The summed E-state index contributed by atoms with van der Waals surface area (Å²) in [6.45, 7) is 3.73. The van der Waals surface area contributed by atoms with Crippen LogP contribution >= 0.6 is 22.7 Å². The number of nitrogens with zero attached hydrogens (tertiary/aromatic N) is 2. The van der Waals surface area contributed by atoms with Gasteiger partial charge in [0.1, 0.15) is 5.75 Å². The van der Waals surface area contributed by atoms with E-state index in [9.17, 15) is 4.79 Å². The molecule has 1 aliphatic heterocycles. The lowest BCUT2D eigenvalue weighted by molar-refractivity contribution is -0.123. The lowest BCUT2D eigenvalue weighted by atomic mass is 10.1. The van der Waals surface area contributed by atoms with Crippen LogP contribution in [-0.4, -0.2) is 35.5 Å². The standard InChI is InChI=1S/C22H26N4O2S2/c23-22-25-19(15-30-22)20-10-17(14-29-20)11-24-21(27)13-28-18-6-4-5-16(9-18)12-26-7-2-1-3-8-26/h4-6,9-10,14-15H,1-3,7-8,11-13H2,(H2,23,25)(H,24,27). The zero-order valence-electron chi connectivity index (χ0n) is 16.8. The Labute approximate surface area is 184 Å². The smallest absolute Gasteiger partial charge is 0.258 e. The van der Waals surface area contributed by atoms with E-state index in [-0.39, 0.29) is 12.5 Å². The third-order valence-electron chi connectivity index (χ3n) is 5.04. The molecule has 0 saturated carbocycles. The fraction of sp³-hybridized carbons (Fsp3) is 0.364. The molecule has 0 aliphatic carbocycles. The summed E-state index contributed by atoms with van der Waals surface area (Å²) >= 11 is 3.02. The maximum Gasteiger partial charge on any atom is 0.258 e. The number of aromatic nitrogens is 1. The van der Waals surface area contributed by atoms with Crippen LogP contribution < -0.4 is 15.8 Å². The Kier molecular flexibility index (Phi) is 6.99. The van der Waals surface area contributed by atoms with Crippen molar-refractivity contribution in [1.29, 1.82) is 0 Å². The van der Waals surface area contributed by atoms with Gasteiger partial charge in [0.25, 0.3) is 5.91 Å². The molecule has 1 amide bonds. The van der Waals surface area contributed by atoms with E-state index in [1.165, 1.54) is 36.2 Å². The van der Waals surface area contributed by atoms with Crippen LogP contribution in [0.5, 0.6) is 5.75 Å². The van der Waals surface area contributed by atoms with Crippen molar-refractivity contribution < 1.29 is 9.53 Å². The Morgan fingerprint density at radius 2 is 2.00 bits per heavy atom. The number of nitrogens with two attached hydrogens (primary N) is 1. The summed E-state index contributed by atoms with van der Waals surface area (Å²) < 4.78 is 5.71. The number of nitrogen functional groups attached to an aromatic ring is 1. The molecule has 3 heterocycles. The summed E-state index contributed by atoms with van der Waals surface area (Å²) in [7, 11) is 0. The van der Waals surface area contributed by atoms with Crippen molar-refractivity contribution in [1.82, 2.24) is 15.2 Å². The highest BCUT2D eigenvalue weighted by Gasteiger charge is 2.11. The molecule has 1 fully saturated rings. The van der Waals surface area contributed by atoms with Crippen molar-refractivity contribution >= 4 is 33.7 Å². The molecule has 0 radical (unpaired) electrons. The molecule has 158 valence electrons. The van der Waals surface area contributed by atoms with Crippen molar-refractivity contribution in [3.63, 3.8) is 0 Å². The van der Waals surface area contributed by atoms with E-state index in [0.29, 0.717) is 11.7 Å². The molecule has 0 unspecified atom stereocenters. The topological polar surface area (TPSA) is 80.5 Å². The maximum absolute atomic E-state index is 12.2. The summed E-state index contributed by atoms with van der Waals surface area (Å²) in [5.74, 6) is 0.598. The number of thiazole rings is 1. The number of benzene rings is 1. The summed E-state index contributed by atoms with van der Waals surface area (Å²) in [6, 6.07) is 10.1. The molecule has 4 rings (SSSR count). The number of nitrogens with one attached hydrogen (secondary N) is 1. The van der Waals surface area contributed by atoms with Gasteiger partial charge in [-0.1, -0.05) is 18.6 Å². The van der Waals surface area contributed by atoms with E-state index in [0.717, 1.165) is 41.5 Å². The first kappa shape index (κ1) is 20.8. The Morgan fingerprint density at radius 3 is 2.80 bits per heavy atom. The van der Waals surface area contributed by atoms with Gasteiger partial charge in [-0.3, -0.25) is 9.69 Å². The van der Waals surface area contributed by atoms with Crippen LogP contribution in [-0.2, 0) is 17.9 Å². The first-order valence-corrected chi connectivity index (χ1v) is 11.9. The number of likely N-dealkylation sites (tertiary alicyclic amines) is 1. The van der Waals surface area contributed by atoms with Crippen molar-refractivity contribution in [2.24, 2.45) is 0 Å². The Morgan fingerprint density at radius 1 is 1.13 bits per heavy atom. The molecule has 0 bridgehead atoms. The minimum Gasteiger partial charge on any atom is -0.484 e. The molecule has 1 aromatic carbocycles. The van der Waals surface area contributed by atoms with Gasteiger partial charge in [-0.25, -0.2) is 4.98 Å².